The number of hydrogen-bond acceptors (Lipinski definition) is 4. The molecule has 120 valence electrons. The predicted molar refractivity (Wildman–Crippen MR) is 73.5 cm³/mol. The third-order valence-corrected chi connectivity index (χ3v) is 2.77. The molecule has 0 unspecified atom stereocenters. The van der Waals surface area contributed by atoms with Gasteiger partial charge in [0, 0.05) is 6.54 Å². The number of carbonyl (C=O) groups excluding carboxylic acids is 3. The summed E-state index contributed by atoms with van der Waals surface area (Å²) < 4.78 is 30.8. The van der Waals surface area contributed by atoms with Crippen LogP contribution in [0, 0.1) is 11.6 Å². The van der Waals surface area contributed by atoms with E-state index in [1.54, 1.807) is 6.92 Å². The average molecular weight is 335 g/mol. The molecule has 0 saturated carbocycles. The number of rotatable bonds is 4. The highest BCUT2D eigenvalue weighted by Crippen LogP contribution is 2.21. The maximum atomic E-state index is 13.1. The second-order valence-electron chi connectivity index (χ2n) is 4.14. The molecule has 0 aromatic heterocycles. The van der Waals surface area contributed by atoms with E-state index >= 15 is 0 Å². The fourth-order valence-corrected chi connectivity index (χ4v) is 1.60. The van der Waals surface area contributed by atoms with Gasteiger partial charge in [-0.2, -0.15) is 0 Å². The zero-order valence-corrected chi connectivity index (χ0v) is 12.5. The van der Waals surface area contributed by atoms with E-state index in [2.05, 4.69) is 5.32 Å². The molecule has 0 aliphatic heterocycles. The molecule has 3 amide bonds. The van der Waals surface area contributed by atoms with Gasteiger partial charge in [0.05, 0.1) is 10.6 Å². The van der Waals surface area contributed by atoms with E-state index in [4.69, 9.17) is 16.3 Å². The van der Waals surface area contributed by atoms with Crippen LogP contribution in [-0.2, 0) is 9.53 Å². The topological polar surface area (TPSA) is 84.5 Å². The van der Waals surface area contributed by atoms with Crippen molar-refractivity contribution in [3.05, 3.63) is 34.4 Å². The number of benzene rings is 1. The highest BCUT2D eigenvalue weighted by atomic mass is 35.5. The van der Waals surface area contributed by atoms with E-state index in [1.807, 2.05) is 5.32 Å². The number of esters is 1. The van der Waals surface area contributed by atoms with E-state index < -0.39 is 41.2 Å². The first kappa shape index (κ1) is 17.8. The van der Waals surface area contributed by atoms with Crippen LogP contribution in [0.3, 0.4) is 0 Å². The summed E-state index contributed by atoms with van der Waals surface area (Å²) in [7, 11) is 0. The number of ether oxygens (including phenoxy) is 1. The van der Waals surface area contributed by atoms with Gasteiger partial charge in [0.15, 0.2) is 17.7 Å². The Bertz CT molecular complexity index is 610. The van der Waals surface area contributed by atoms with Crippen LogP contribution in [0.2, 0.25) is 5.02 Å². The largest absolute Gasteiger partial charge is 0.449 e. The molecular weight excluding hydrogens is 322 g/mol. The number of nitrogens with one attached hydrogen (secondary N) is 2. The minimum Gasteiger partial charge on any atom is -0.449 e. The van der Waals surface area contributed by atoms with Gasteiger partial charge in [0.1, 0.15) is 0 Å². The van der Waals surface area contributed by atoms with Gasteiger partial charge in [-0.05, 0) is 26.0 Å². The van der Waals surface area contributed by atoms with Crippen LogP contribution in [0.4, 0.5) is 13.6 Å². The molecule has 22 heavy (non-hydrogen) atoms. The van der Waals surface area contributed by atoms with Crippen LogP contribution in [0.1, 0.15) is 24.2 Å². The molecule has 1 aromatic rings. The summed E-state index contributed by atoms with van der Waals surface area (Å²) in [6.07, 6.45) is -1.33. The highest BCUT2D eigenvalue weighted by Gasteiger charge is 2.23. The van der Waals surface area contributed by atoms with Crippen molar-refractivity contribution in [2.45, 2.75) is 20.0 Å². The fourth-order valence-electron chi connectivity index (χ4n) is 1.37. The van der Waals surface area contributed by atoms with Crippen molar-refractivity contribution in [1.29, 1.82) is 0 Å². The van der Waals surface area contributed by atoms with E-state index in [9.17, 15) is 23.2 Å². The Kier molecular flexibility index (Phi) is 6.24. The fraction of sp³-hybridized carbons (Fsp3) is 0.308. The second kappa shape index (κ2) is 7.69. The summed E-state index contributed by atoms with van der Waals surface area (Å²) in [5.74, 6) is -4.50. The summed E-state index contributed by atoms with van der Waals surface area (Å²) in [6.45, 7) is 3.16. The quantitative estimate of drug-likeness (QED) is 0.651. The molecule has 1 aromatic carbocycles. The summed E-state index contributed by atoms with van der Waals surface area (Å²) in [6, 6.07) is 0.433. The van der Waals surface area contributed by atoms with Crippen molar-refractivity contribution in [3.63, 3.8) is 0 Å². The van der Waals surface area contributed by atoms with Crippen molar-refractivity contribution in [2.75, 3.05) is 6.54 Å². The molecule has 0 bridgehead atoms. The standard InChI is InChI=1S/C13H13ClF2N2O4/c1-3-17-13(21)18-11(19)6(2)22-12(20)7-4-9(15)10(16)5-8(7)14/h4-6H,3H2,1-2H3,(H2,17,18,19,21)/t6-/m0/s1. The van der Waals surface area contributed by atoms with E-state index in [-0.39, 0.29) is 5.02 Å². The third kappa shape index (κ3) is 4.66. The lowest BCUT2D eigenvalue weighted by molar-refractivity contribution is -0.127. The lowest BCUT2D eigenvalue weighted by Crippen LogP contribution is -2.44. The first-order valence-corrected chi connectivity index (χ1v) is 6.58. The summed E-state index contributed by atoms with van der Waals surface area (Å²) in [4.78, 5) is 34.5. The van der Waals surface area contributed by atoms with Crippen LogP contribution in [0.25, 0.3) is 0 Å². The Morgan fingerprint density at radius 1 is 1.27 bits per heavy atom. The first-order valence-electron chi connectivity index (χ1n) is 6.20. The van der Waals surface area contributed by atoms with Gasteiger partial charge in [-0.25, -0.2) is 18.4 Å². The van der Waals surface area contributed by atoms with Gasteiger partial charge in [0.25, 0.3) is 5.91 Å². The molecule has 0 spiro atoms. The van der Waals surface area contributed by atoms with Gasteiger partial charge in [-0.3, -0.25) is 10.1 Å². The molecule has 0 radical (unpaired) electrons. The van der Waals surface area contributed by atoms with E-state index in [0.717, 1.165) is 0 Å². The van der Waals surface area contributed by atoms with Crippen LogP contribution >= 0.6 is 11.6 Å². The van der Waals surface area contributed by atoms with Crippen LogP contribution < -0.4 is 10.6 Å². The number of urea groups is 1. The smallest absolute Gasteiger partial charge is 0.340 e. The molecule has 1 rings (SSSR count). The molecule has 1 atom stereocenters. The lowest BCUT2D eigenvalue weighted by Gasteiger charge is -2.13. The third-order valence-electron chi connectivity index (χ3n) is 2.46. The Morgan fingerprint density at radius 3 is 2.45 bits per heavy atom. The maximum absolute atomic E-state index is 13.1. The molecule has 0 fully saturated rings. The van der Waals surface area contributed by atoms with Crippen molar-refractivity contribution in [2.24, 2.45) is 0 Å². The SMILES string of the molecule is CCNC(=O)NC(=O)[C@H](C)OC(=O)c1cc(F)c(F)cc1Cl. The Balaban J connectivity index is 2.74. The molecule has 0 aliphatic rings. The van der Waals surface area contributed by atoms with Gasteiger partial charge < -0.3 is 10.1 Å². The minimum absolute atomic E-state index is 0.303. The summed E-state index contributed by atoms with van der Waals surface area (Å²) in [5, 5.41) is 3.89. The lowest BCUT2D eigenvalue weighted by atomic mass is 10.2. The number of halogens is 3. The number of amides is 3. The Morgan fingerprint density at radius 2 is 1.86 bits per heavy atom. The Hall–Kier alpha value is -2.22. The molecule has 2 N–H and O–H groups in total. The molecule has 6 nitrogen and oxygen atoms in total. The van der Waals surface area contributed by atoms with Crippen LogP contribution in [0.5, 0.6) is 0 Å². The average Bonchev–Trinajstić information content (AvgIpc) is 2.42. The number of imide groups is 1. The number of carbonyl (C=O) groups is 3. The van der Waals surface area contributed by atoms with Crippen LogP contribution in [0.15, 0.2) is 12.1 Å². The second-order valence-corrected chi connectivity index (χ2v) is 4.55. The summed E-state index contributed by atoms with van der Waals surface area (Å²) in [5.41, 5.74) is -0.432. The maximum Gasteiger partial charge on any atom is 0.340 e. The van der Waals surface area contributed by atoms with E-state index in [1.165, 1.54) is 6.92 Å². The predicted octanol–water partition coefficient (Wildman–Crippen LogP) is 2.01. The zero-order valence-electron chi connectivity index (χ0n) is 11.7. The first-order chi connectivity index (χ1) is 10.3. The normalized spacial score (nSPS) is 11.5. The van der Waals surface area contributed by atoms with Crippen molar-refractivity contribution in [3.8, 4) is 0 Å². The molecule has 9 heteroatoms. The van der Waals surface area contributed by atoms with Gasteiger partial charge >= 0.3 is 12.0 Å². The van der Waals surface area contributed by atoms with Gasteiger partial charge in [0.2, 0.25) is 0 Å². The van der Waals surface area contributed by atoms with Gasteiger partial charge in [-0.15, -0.1) is 0 Å². The van der Waals surface area contributed by atoms with Crippen molar-refractivity contribution in [1.82, 2.24) is 10.6 Å². The summed E-state index contributed by atoms with van der Waals surface area (Å²) >= 11 is 5.61. The minimum atomic E-state index is -1.33. The molecule has 0 saturated heterocycles. The highest BCUT2D eigenvalue weighted by molar-refractivity contribution is 6.33. The monoisotopic (exact) mass is 334 g/mol. The molecule has 0 aliphatic carbocycles. The molecular formula is C13H13ClF2N2O4. The van der Waals surface area contributed by atoms with E-state index in [0.29, 0.717) is 18.7 Å². The zero-order chi connectivity index (χ0) is 16.9. The number of hydrogen-bond donors (Lipinski definition) is 2. The van der Waals surface area contributed by atoms with Gasteiger partial charge in [-0.1, -0.05) is 11.6 Å². The molecule has 0 heterocycles. The Labute approximate surface area is 129 Å². The van der Waals surface area contributed by atoms with Crippen molar-refractivity contribution < 1.29 is 27.9 Å². The van der Waals surface area contributed by atoms with Crippen LogP contribution in [-0.4, -0.2) is 30.6 Å². The van der Waals surface area contributed by atoms with Crippen molar-refractivity contribution >= 4 is 29.5 Å².